The zero-order valence-electron chi connectivity index (χ0n) is 12.3. The summed E-state index contributed by atoms with van der Waals surface area (Å²) in [4.78, 5) is -0.249. The molecule has 0 saturated heterocycles. The lowest BCUT2D eigenvalue weighted by Crippen LogP contribution is -2.10. The molecular weight excluding hydrogens is 343 g/mol. The summed E-state index contributed by atoms with van der Waals surface area (Å²) in [6.45, 7) is 3.64. The smallest absolute Gasteiger partial charge is 0.339 e. The van der Waals surface area contributed by atoms with Gasteiger partial charge in [-0.2, -0.15) is 8.42 Å². The van der Waals surface area contributed by atoms with Gasteiger partial charge < -0.3 is 8.92 Å². The van der Waals surface area contributed by atoms with Crippen LogP contribution in [0.3, 0.4) is 0 Å². The van der Waals surface area contributed by atoms with Crippen molar-refractivity contribution < 1.29 is 21.7 Å². The second-order valence-electron chi connectivity index (χ2n) is 4.59. The number of ether oxygens (including phenoxy) is 1. The zero-order valence-corrected chi connectivity index (χ0v) is 13.8. The first-order valence-electron chi connectivity index (χ1n) is 6.54. The molecule has 122 valence electrons. The maximum Gasteiger partial charge on any atom is 0.339 e. The largest absolute Gasteiger partial charge is 0.493 e. The number of benzene rings is 2. The van der Waals surface area contributed by atoms with E-state index in [0.717, 1.165) is 23.8 Å². The van der Waals surface area contributed by atoms with Gasteiger partial charge in [0.25, 0.3) is 0 Å². The summed E-state index contributed by atoms with van der Waals surface area (Å²) < 4.78 is 47.9. The molecule has 23 heavy (non-hydrogen) atoms. The molecule has 0 atom stereocenters. The first kappa shape index (κ1) is 17.3. The van der Waals surface area contributed by atoms with Gasteiger partial charge in [-0.15, -0.1) is 6.58 Å². The molecule has 2 aromatic carbocycles. The summed E-state index contributed by atoms with van der Waals surface area (Å²) in [5.74, 6) is -0.418. The summed E-state index contributed by atoms with van der Waals surface area (Å²) in [6.07, 6.45) is 2.32. The second kappa shape index (κ2) is 7.02. The Kier molecular flexibility index (Phi) is 5.28. The molecule has 7 heteroatoms. The molecule has 4 nitrogen and oxygen atoms in total. The van der Waals surface area contributed by atoms with Crippen molar-refractivity contribution in [3.8, 4) is 11.5 Å². The Hall–Kier alpha value is -2.05. The zero-order chi connectivity index (χ0) is 17.0. The minimum Gasteiger partial charge on any atom is -0.493 e. The summed E-state index contributed by atoms with van der Waals surface area (Å²) in [6, 6.07) is 7.88. The molecule has 0 heterocycles. The van der Waals surface area contributed by atoms with Crippen molar-refractivity contribution >= 4 is 21.7 Å². The minimum absolute atomic E-state index is 0.0285. The highest BCUT2D eigenvalue weighted by Crippen LogP contribution is 2.31. The highest BCUT2D eigenvalue weighted by atomic mass is 35.5. The Balaban J connectivity index is 2.36. The third-order valence-corrected chi connectivity index (χ3v) is 4.51. The lowest BCUT2D eigenvalue weighted by molar-refractivity contribution is 0.390. The molecule has 0 saturated carbocycles. The molecule has 0 spiro atoms. The van der Waals surface area contributed by atoms with Crippen LogP contribution in [0.4, 0.5) is 4.39 Å². The van der Waals surface area contributed by atoms with Crippen LogP contribution in [-0.4, -0.2) is 15.5 Å². The van der Waals surface area contributed by atoms with Crippen molar-refractivity contribution in [2.45, 2.75) is 11.3 Å². The normalized spacial score (nSPS) is 11.1. The fourth-order valence-corrected chi connectivity index (χ4v) is 3.09. The predicted octanol–water partition coefficient (Wildman–Crippen LogP) is 3.98. The van der Waals surface area contributed by atoms with Gasteiger partial charge in [0.1, 0.15) is 10.7 Å². The summed E-state index contributed by atoms with van der Waals surface area (Å²) in [5.41, 5.74) is 0.895. The van der Waals surface area contributed by atoms with Crippen LogP contribution in [0, 0.1) is 5.82 Å². The van der Waals surface area contributed by atoms with Gasteiger partial charge in [-0.1, -0.05) is 23.7 Å². The molecule has 0 unspecified atom stereocenters. The second-order valence-corrected chi connectivity index (χ2v) is 6.54. The Morgan fingerprint density at radius 3 is 2.57 bits per heavy atom. The van der Waals surface area contributed by atoms with Gasteiger partial charge in [-0.3, -0.25) is 0 Å². The number of hydrogen-bond donors (Lipinski definition) is 0. The van der Waals surface area contributed by atoms with Crippen LogP contribution in [0.15, 0.2) is 53.9 Å². The third-order valence-electron chi connectivity index (χ3n) is 2.99. The van der Waals surface area contributed by atoms with E-state index < -0.39 is 15.9 Å². The molecule has 0 aliphatic heterocycles. The van der Waals surface area contributed by atoms with Crippen LogP contribution in [0.5, 0.6) is 11.5 Å². The van der Waals surface area contributed by atoms with E-state index in [9.17, 15) is 12.8 Å². The van der Waals surface area contributed by atoms with Crippen molar-refractivity contribution in [3.63, 3.8) is 0 Å². The first-order valence-corrected chi connectivity index (χ1v) is 8.33. The molecule has 0 radical (unpaired) electrons. The van der Waals surface area contributed by atoms with Gasteiger partial charge in [0.2, 0.25) is 0 Å². The van der Waals surface area contributed by atoms with E-state index in [-0.39, 0.29) is 21.4 Å². The summed E-state index contributed by atoms with van der Waals surface area (Å²) >= 11 is 5.61. The van der Waals surface area contributed by atoms with Gasteiger partial charge in [0.05, 0.1) is 12.1 Å². The topological polar surface area (TPSA) is 52.6 Å². The van der Waals surface area contributed by atoms with E-state index in [2.05, 4.69) is 6.58 Å². The van der Waals surface area contributed by atoms with Crippen LogP contribution < -0.4 is 8.92 Å². The van der Waals surface area contributed by atoms with E-state index in [1.54, 1.807) is 18.2 Å². The van der Waals surface area contributed by atoms with Crippen molar-refractivity contribution in [1.82, 2.24) is 0 Å². The number of methoxy groups -OCH3 is 1. The lowest BCUT2D eigenvalue weighted by atomic mass is 10.1. The molecule has 2 rings (SSSR count). The number of rotatable bonds is 6. The molecule has 0 fully saturated rings. The Morgan fingerprint density at radius 1 is 1.22 bits per heavy atom. The highest BCUT2D eigenvalue weighted by molar-refractivity contribution is 7.87. The van der Waals surface area contributed by atoms with Crippen LogP contribution in [0.2, 0.25) is 5.02 Å². The van der Waals surface area contributed by atoms with Gasteiger partial charge >= 0.3 is 10.1 Å². The van der Waals surface area contributed by atoms with Crippen molar-refractivity contribution in [2.24, 2.45) is 0 Å². The Labute approximate surface area is 139 Å². The van der Waals surface area contributed by atoms with E-state index in [4.69, 9.17) is 20.5 Å². The molecule has 0 aromatic heterocycles. The molecule has 0 aliphatic carbocycles. The molecule has 0 amide bonds. The Bertz CT molecular complexity index is 834. The highest BCUT2D eigenvalue weighted by Gasteiger charge is 2.20. The molecule has 0 bridgehead atoms. The fourth-order valence-electron chi connectivity index (χ4n) is 1.87. The monoisotopic (exact) mass is 356 g/mol. The minimum atomic E-state index is -4.16. The van der Waals surface area contributed by atoms with E-state index in [0.29, 0.717) is 6.42 Å². The lowest BCUT2D eigenvalue weighted by Gasteiger charge is -2.12. The fraction of sp³-hybridized carbons (Fsp3) is 0.125. The van der Waals surface area contributed by atoms with Crippen LogP contribution in [0.1, 0.15) is 5.56 Å². The number of allylic oxidation sites excluding steroid dienone is 1. The predicted molar refractivity (Wildman–Crippen MR) is 86.1 cm³/mol. The molecule has 0 aliphatic rings. The van der Waals surface area contributed by atoms with Crippen LogP contribution >= 0.6 is 11.6 Å². The average Bonchev–Trinajstić information content (AvgIpc) is 2.51. The summed E-state index contributed by atoms with van der Waals surface area (Å²) in [7, 11) is -2.76. The summed E-state index contributed by atoms with van der Waals surface area (Å²) in [5, 5.41) is -0.303. The van der Waals surface area contributed by atoms with Gasteiger partial charge in [0, 0.05) is 0 Å². The number of hydrogen-bond acceptors (Lipinski definition) is 4. The van der Waals surface area contributed by atoms with E-state index in [1.165, 1.54) is 13.2 Å². The molecule has 0 N–H and O–H groups in total. The van der Waals surface area contributed by atoms with Gasteiger partial charge in [-0.05, 0) is 42.3 Å². The van der Waals surface area contributed by atoms with Crippen molar-refractivity contribution in [3.05, 3.63) is 65.5 Å². The van der Waals surface area contributed by atoms with Gasteiger partial charge in [-0.25, -0.2) is 4.39 Å². The molecular formula is C16H14ClFO4S. The maximum absolute atomic E-state index is 13.2. The van der Waals surface area contributed by atoms with Crippen LogP contribution in [-0.2, 0) is 16.5 Å². The van der Waals surface area contributed by atoms with Crippen molar-refractivity contribution in [2.75, 3.05) is 7.11 Å². The quantitative estimate of drug-likeness (QED) is 0.580. The SMILES string of the molecule is C=CCc1ccc(OS(=O)(=O)c2ccc(F)c(Cl)c2)c(OC)c1. The first-order chi connectivity index (χ1) is 10.9. The van der Waals surface area contributed by atoms with Gasteiger partial charge in [0.15, 0.2) is 11.5 Å². The Morgan fingerprint density at radius 2 is 1.96 bits per heavy atom. The average molecular weight is 357 g/mol. The maximum atomic E-state index is 13.2. The standard InChI is InChI=1S/C16H14ClFO4S/c1-3-4-11-5-8-15(16(9-11)21-2)22-23(19,20)12-6-7-14(18)13(17)10-12/h3,5-10H,1,4H2,2H3. The van der Waals surface area contributed by atoms with Crippen LogP contribution in [0.25, 0.3) is 0 Å². The van der Waals surface area contributed by atoms with E-state index in [1.807, 2.05) is 0 Å². The third kappa shape index (κ3) is 4.03. The number of halogens is 2. The molecule has 2 aromatic rings. The van der Waals surface area contributed by atoms with Crippen molar-refractivity contribution in [1.29, 1.82) is 0 Å². The van der Waals surface area contributed by atoms with E-state index >= 15 is 0 Å².